The van der Waals surface area contributed by atoms with Gasteiger partial charge in [-0.3, -0.25) is 9.59 Å². The van der Waals surface area contributed by atoms with Crippen molar-refractivity contribution in [1.82, 2.24) is 0 Å². The van der Waals surface area contributed by atoms with E-state index >= 15 is 0 Å². The van der Waals surface area contributed by atoms with E-state index in [2.05, 4.69) is 0 Å². The Hall–Kier alpha value is -2.07. The largest absolute Gasteiger partial charge is 0.441 e. The van der Waals surface area contributed by atoms with Crippen LogP contribution in [0.15, 0.2) is 40.8 Å². The number of anilines is 1. The van der Waals surface area contributed by atoms with Crippen molar-refractivity contribution in [2.75, 3.05) is 11.9 Å². The molecule has 1 aromatic heterocycles. The second kappa shape index (κ2) is 5.06. The Bertz CT molecular complexity index is 574. The second-order valence-corrected chi connectivity index (χ2v) is 4.07. The summed E-state index contributed by atoms with van der Waals surface area (Å²) in [4.78, 5) is 24.0. The Balaban J connectivity index is 2.24. The second-order valence-electron chi connectivity index (χ2n) is 3.70. The van der Waals surface area contributed by atoms with Gasteiger partial charge in [0.15, 0.2) is 11.0 Å². The van der Waals surface area contributed by atoms with E-state index < -0.39 is 0 Å². The molecule has 0 fully saturated rings. The van der Waals surface area contributed by atoms with E-state index in [4.69, 9.17) is 16.0 Å². The van der Waals surface area contributed by atoms with Crippen molar-refractivity contribution in [3.05, 3.63) is 52.9 Å². The molecule has 0 bridgehead atoms. The molecule has 4 nitrogen and oxygen atoms in total. The zero-order chi connectivity index (χ0) is 13.1. The highest BCUT2D eigenvalue weighted by Crippen LogP contribution is 2.19. The van der Waals surface area contributed by atoms with Gasteiger partial charge in [-0.2, -0.15) is 0 Å². The van der Waals surface area contributed by atoms with Crippen LogP contribution in [0.4, 0.5) is 5.69 Å². The maximum atomic E-state index is 12.0. The molecule has 0 radical (unpaired) electrons. The van der Waals surface area contributed by atoms with E-state index in [1.54, 1.807) is 31.3 Å². The third-order valence-electron chi connectivity index (χ3n) is 2.49. The normalized spacial score (nSPS) is 10.1. The molecule has 0 N–H and O–H groups in total. The van der Waals surface area contributed by atoms with Gasteiger partial charge in [0, 0.05) is 18.3 Å². The quantitative estimate of drug-likeness (QED) is 0.629. The summed E-state index contributed by atoms with van der Waals surface area (Å²) in [5.41, 5.74) is 1.18. The molecule has 0 spiro atoms. The van der Waals surface area contributed by atoms with Gasteiger partial charge in [-0.15, -0.1) is 0 Å². The third-order valence-corrected chi connectivity index (χ3v) is 2.70. The van der Waals surface area contributed by atoms with Gasteiger partial charge >= 0.3 is 0 Å². The molecule has 0 unspecified atom stereocenters. The Morgan fingerprint density at radius 3 is 2.39 bits per heavy atom. The van der Waals surface area contributed by atoms with Gasteiger partial charge in [-0.05, 0) is 48.0 Å². The first-order chi connectivity index (χ1) is 8.61. The van der Waals surface area contributed by atoms with Crippen LogP contribution in [0.25, 0.3) is 0 Å². The van der Waals surface area contributed by atoms with Crippen LogP contribution in [0, 0.1) is 0 Å². The van der Waals surface area contributed by atoms with Gasteiger partial charge in [-0.1, -0.05) is 0 Å². The van der Waals surface area contributed by atoms with E-state index in [1.807, 2.05) is 0 Å². The molecule has 1 amide bonds. The molecule has 0 aliphatic carbocycles. The first-order valence-electron chi connectivity index (χ1n) is 5.20. The predicted molar refractivity (Wildman–Crippen MR) is 68.1 cm³/mol. The van der Waals surface area contributed by atoms with Crippen molar-refractivity contribution < 1.29 is 14.0 Å². The molecule has 1 aromatic carbocycles. The molecule has 18 heavy (non-hydrogen) atoms. The fraction of sp³-hybridized carbons (Fsp3) is 0.0769. The van der Waals surface area contributed by atoms with Gasteiger partial charge in [0.1, 0.15) is 0 Å². The van der Waals surface area contributed by atoms with Gasteiger partial charge in [0.25, 0.3) is 0 Å². The first-order valence-corrected chi connectivity index (χ1v) is 5.58. The summed E-state index contributed by atoms with van der Waals surface area (Å²) in [5, 5.41) is 0.177. The van der Waals surface area contributed by atoms with Crippen LogP contribution in [0.1, 0.15) is 16.1 Å². The topological polar surface area (TPSA) is 50.5 Å². The van der Waals surface area contributed by atoms with Crippen molar-refractivity contribution in [1.29, 1.82) is 0 Å². The van der Waals surface area contributed by atoms with Crippen LogP contribution in [-0.2, 0) is 4.79 Å². The van der Waals surface area contributed by atoms with Crippen molar-refractivity contribution in [3.8, 4) is 0 Å². The Morgan fingerprint density at radius 1 is 1.22 bits per heavy atom. The Kier molecular flexibility index (Phi) is 3.48. The van der Waals surface area contributed by atoms with Crippen LogP contribution in [0.3, 0.4) is 0 Å². The number of nitrogens with zero attached hydrogens (tertiary/aromatic N) is 1. The standard InChI is InChI=1S/C13H10ClNO3/c1-15(8-16)10-4-2-9(3-5-10)13(17)11-6-7-12(14)18-11/h2-8H,1H3. The van der Waals surface area contributed by atoms with Crippen molar-refractivity contribution in [3.63, 3.8) is 0 Å². The molecular weight excluding hydrogens is 254 g/mol. The molecule has 0 atom stereocenters. The SMILES string of the molecule is CN(C=O)c1ccc(C(=O)c2ccc(Cl)o2)cc1. The van der Waals surface area contributed by atoms with Gasteiger partial charge in [0.2, 0.25) is 12.2 Å². The average Bonchev–Trinajstić information content (AvgIpc) is 2.84. The summed E-state index contributed by atoms with van der Waals surface area (Å²) in [6.45, 7) is 0. The van der Waals surface area contributed by atoms with Crippen LogP contribution >= 0.6 is 11.6 Å². The van der Waals surface area contributed by atoms with Crippen LogP contribution in [0.2, 0.25) is 5.22 Å². The minimum Gasteiger partial charge on any atom is -0.441 e. The molecular formula is C13H10ClNO3. The number of benzene rings is 1. The van der Waals surface area contributed by atoms with Crippen molar-refractivity contribution >= 4 is 29.5 Å². The number of halogens is 1. The lowest BCUT2D eigenvalue weighted by molar-refractivity contribution is -0.107. The number of furan rings is 1. The number of hydrogen-bond acceptors (Lipinski definition) is 3. The molecule has 2 aromatic rings. The monoisotopic (exact) mass is 263 g/mol. The van der Waals surface area contributed by atoms with Gasteiger partial charge in [-0.25, -0.2) is 0 Å². The molecule has 0 saturated heterocycles. The van der Waals surface area contributed by atoms with Crippen LogP contribution in [0.5, 0.6) is 0 Å². The number of ketones is 1. The van der Waals surface area contributed by atoms with Gasteiger partial charge < -0.3 is 9.32 Å². The Labute approximate surface area is 109 Å². The zero-order valence-corrected chi connectivity index (χ0v) is 10.3. The molecule has 0 aliphatic heterocycles. The summed E-state index contributed by atoms with van der Waals surface area (Å²) in [5.74, 6) is -0.0568. The van der Waals surface area contributed by atoms with Crippen LogP contribution < -0.4 is 4.90 Å². The van der Waals surface area contributed by atoms with Gasteiger partial charge in [0.05, 0.1) is 0 Å². The maximum Gasteiger partial charge on any atom is 0.228 e. The zero-order valence-electron chi connectivity index (χ0n) is 9.59. The average molecular weight is 264 g/mol. The molecule has 1 heterocycles. The third kappa shape index (κ3) is 2.43. The highest BCUT2D eigenvalue weighted by Gasteiger charge is 2.13. The van der Waals surface area contributed by atoms with E-state index in [0.29, 0.717) is 17.7 Å². The molecule has 5 heteroatoms. The first kappa shape index (κ1) is 12.4. The number of hydrogen-bond donors (Lipinski definition) is 0. The fourth-order valence-corrected chi connectivity index (χ4v) is 1.63. The maximum absolute atomic E-state index is 12.0. The van der Waals surface area contributed by atoms with E-state index in [-0.39, 0.29) is 16.8 Å². The summed E-state index contributed by atoms with van der Waals surface area (Å²) in [7, 11) is 1.64. The summed E-state index contributed by atoms with van der Waals surface area (Å²) in [6, 6.07) is 9.68. The number of carbonyl (C=O) groups excluding carboxylic acids is 2. The highest BCUT2D eigenvalue weighted by molar-refractivity contribution is 6.29. The lowest BCUT2D eigenvalue weighted by Gasteiger charge is -2.10. The number of amides is 1. The Morgan fingerprint density at radius 2 is 1.89 bits per heavy atom. The minimum absolute atomic E-state index is 0.177. The van der Waals surface area contributed by atoms with E-state index in [1.165, 1.54) is 17.0 Å². The summed E-state index contributed by atoms with van der Waals surface area (Å²) >= 11 is 5.61. The minimum atomic E-state index is -0.248. The number of carbonyl (C=O) groups is 2. The lowest BCUT2D eigenvalue weighted by atomic mass is 10.1. The summed E-state index contributed by atoms with van der Waals surface area (Å²) in [6.07, 6.45) is 0.698. The fourth-order valence-electron chi connectivity index (χ4n) is 1.49. The highest BCUT2D eigenvalue weighted by atomic mass is 35.5. The van der Waals surface area contributed by atoms with Crippen LogP contribution in [-0.4, -0.2) is 19.2 Å². The van der Waals surface area contributed by atoms with Crippen molar-refractivity contribution in [2.45, 2.75) is 0 Å². The summed E-state index contributed by atoms with van der Waals surface area (Å²) < 4.78 is 5.05. The molecule has 92 valence electrons. The lowest BCUT2D eigenvalue weighted by Crippen LogP contribution is -2.13. The number of rotatable bonds is 4. The molecule has 0 aliphatic rings. The predicted octanol–water partition coefficient (Wildman–Crippen LogP) is 2.76. The molecule has 0 saturated carbocycles. The van der Waals surface area contributed by atoms with Crippen molar-refractivity contribution in [2.24, 2.45) is 0 Å². The molecule has 2 rings (SSSR count). The smallest absolute Gasteiger partial charge is 0.228 e. The van der Waals surface area contributed by atoms with E-state index in [0.717, 1.165) is 0 Å². The van der Waals surface area contributed by atoms with E-state index in [9.17, 15) is 9.59 Å².